The molecule has 2 unspecified atom stereocenters. The molecule has 4 aliphatic rings. The van der Waals surface area contributed by atoms with Crippen LogP contribution in [0, 0.1) is 11.7 Å². The summed E-state index contributed by atoms with van der Waals surface area (Å²) in [6, 6.07) is 11.1. The largest absolute Gasteiger partial charge is 0.488 e. The minimum Gasteiger partial charge on any atom is -0.488 e. The maximum absolute atomic E-state index is 14.3. The Morgan fingerprint density at radius 1 is 1.00 bits per heavy atom. The molecule has 3 aliphatic carbocycles. The molecule has 2 heterocycles. The Hall–Kier alpha value is -3.90. The minimum atomic E-state index is -4.88. The fraction of sp³-hybridized carbons (Fsp3) is 0.438. The SMILES string of the molecule is NC1(C(F)(F)F)COc2c1cc(C(O)(CNC(=O)c1ccc(OC3CC3)c(OC3CC3)c1)C1CC1)nc2-c1ccc(F)cc1. The molecule has 1 amide bonds. The first kappa shape index (κ1) is 28.8. The van der Waals surface area contributed by atoms with Crippen LogP contribution < -0.4 is 25.3 Å². The number of nitrogens with two attached hydrogens (primary N) is 1. The number of alkyl halides is 3. The molecule has 0 spiro atoms. The molecule has 0 bridgehead atoms. The Balaban J connectivity index is 1.21. The van der Waals surface area contributed by atoms with Gasteiger partial charge in [0.2, 0.25) is 0 Å². The fourth-order valence-corrected chi connectivity index (χ4v) is 5.43. The van der Waals surface area contributed by atoms with Crippen LogP contribution in [-0.4, -0.2) is 47.5 Å². The number of fused-ring (bicyclic) bond motifs is 1. The van der Waals surface area contributed by atoms with Gasteiger partial charge in [0.25, 0.3) is 5.91 Å². The van der Waals surface area contributed by atoms with Crippen LogP contribution in [0.1, 0.15) is 60.1 Å². The first-order valence-corrected chi connectivity index (χ1v) is 14.7. The molecule has 2 atom stereocenters. The van der Waals surface area contributed by atoms with Crippen LogP contribution in [0.3, 0.4) is 0 Å². The van der Waals surface area contributed by atoms with Crippen LogP contribution in [0.2, 0.25) is 0 Å². The molecule has 232 valence electrons. The molecule has 7 rings (SSSR count). The number of pyridine rings is 1. The summed E-state index contributed by atoms with van der Waals surface area (Å²) in [5.41, 5.74) is 1.32. The van der Waals surface area contributed by atoms with Gasteiger partial charge in [-0.25, -0.2) is 9.37 Å². The van der Waals surface area contributed by atoms with Crippen LogP contribution >= 0.6 is 0 Å². The van der Waals surface area contributed by atoms with Crippen molar-refractivity contribution in [2.24, 2.45) is 11.7 Å². The number of rotatable bonds is 10. The lowest BCUT2D eigenvalue weighted by atomic mass is 9.86. The van der Waals surface area contributed by atoms with E-state index >= 15 is 0 Å². The summed E-state index contributed by atoms with van der Waals surface area (Å²) >= 11 is 0. The van der Waals surface area contributed by atoms with E-state index in [0.29, 0.717) is 24.3 Å². The van der Waals surface area contributed by atoms with E-state index in [0.717, 1.165) is 43.9 Å². The molecule has 44 heavy (non-hydrogen) atoms. The number of benzene rings is 2. The predicted octanol–water partition coefficient (Wildman–Crippen LogP) is 5.11. The lowest BCUT2D eigenvalue weighted by Crippen LogP contribution is -2.52. The van der Waals surface area contributed by atoms with Crippen molar-refractivity contribution in [2.45, 2.75) is 68.0 Å². The fourth-order valence-electron chi connectivity index (χ4n) is 5.43. The zero-order valence-electron chi connectivity index (χ0n) is 23.6. The van der Waals surface area contributed by atoms with Gasteiger partial charge in [-0.2, -0.15) is 13.2 Å². The van der Waals surface area contributed by atoms with Crippen molar-refractivity contribution in [3.63, 3.8) is 0 Å². The number of hydrogen-bond donors (Lipinski definition) is 3. The van der Waals surface area contributed by atoms with Gasteiger partial charge in [-0.3, -0.25) is 4.79 Å². The third-order valence-electron chi connectivity index (χ3n) is 8.58. The van der Waals surface area contributed by atoms with E-state index in [9.17, 15) is 27.5 Å². The molecule has 1 aromatic heterocycles. The van der Waals surface area contributed by atoms with Crippen LogP contribution in [0.15, 0.2) is 48.5 Å². The van der Waals surface area contributed by atoms with E-state index in [1.54, 1.807) is 18.2 Å². The summed E-state index contributed by atoms with van der Waals surface area (Å²) in [6.07, 6.45) is 0.259. The maximum atomic E-state index is 14.3. The molecular weight excluding hydrogens is 582 g/mol. The van der Waals surface area contributed by atoms with Crippen molar-refractivity contribution in [2.75, 3.05) is 13.2 Å². The number of nitrogens with zero attached hydrogens (tertiary/aromatic N) is 1. The summed E-state index contributed by atoms with van der Waals surface area (Å²) in [5, 5.41) is 14.8. The molecular formula is C32H31F4N3O5. The second-order valence-corrected chi connectivity index (χ2v) is 12.2. The van der Waals surface area contributed by atoms with E-state index < -0.39 is 35.6 Å². The summed E-state index contributed by atoms with van der Waals surface area (Å²) in [5.74, 6) is -0.564. The van der Waals surface area contributed by atoms with Crippen molar-refractivity contribution in [3.8, 4) is 28.5 Å². The third kappa shape index (κ3) is 5.34. The van der Waals surface area contributed by atoms with Crippen LogP contribution in [0.25, 0.3) is 11.3 Å². The van der Waals surface area contributed by atoms with Crippen molar-refractivity contribution in [1.29, 1.82) is 0 Å². The highest BCUT2D eigenvalue weighted by atomic mass is 19.4. The van der Waals surface area contributed by atoms with Crippen LogP contribution in [0.4, 0.5) is 17.6 Å². The van der Waals surface area contributed by atoms with E-state index in [4.69, 9.17) is 19.9 Å². The van der Waals surface area contributed by atoms with Crippen molar-refractivity contribution < 1.29 is 41.7 Å². The summed E-state index contributed by atoms with van der Waals surface area (Å²) in [7, 11) is 0. The Kier molecular flexibility index (Phi) is 6.78. The molecule has 3 aromatic rings. The zero-order chi connectivity index (χ0) is 30.9. The van der Waals surface area contributed by atoms with Gasteiger partial charge in [0, 0.05) is 16.7 Å². The molecule has 4 N–H and O–H groups in total. The van der Waals surface area contributed by atoms with Gasteiger partial charge in [-0.1, -0.05) is 0 Å². The van der Waals surface area contributed by atoms with Gasteiger partial charge < -0.3 is 30.4 Å². The lowest BCUT2D eigenvalue weighted by molar-refractivity contribution is -0.191. The Labute approximate surface area is 250 Å². The van der Waals surface area contributed by atoms with Gasteiger partial charge in [-0.15, -0.1) is 0 Å². The van der Waals surface area contributed by atoms with Crippen molar-refractivity contribution in [3.05, 3.63) is 71.2 Å². The highest BCUT2D eigenvalue weighted by Crippen LogP contribution is 2.52. The number of carbonyl (C=O) groups excluding carboxylic acids is 1. The quantitative estimate of drug-likeness (QED) is 0.273. The molecule has 3 fully saturated rings. The van der Waals surface area contributed by atoms with Crippen LogP contribution in [0.5, 0.6) is 17.2 Å². The molecule has 3 saturated carbocycles. The molecule has 12 heteroatoms. The normalized spacial score (nSPS) is 22.5. The summed E-state index contributed by atoms with van der Waals surface area (Å²) in [6.45, 7) is -1.20. The lowest BCUT2D eigenvalue weighted by Gasteiger charge is -2.31. The number of aromatic nitrogens is 1. The molecule has 2 aromatic carbocycles. The van der Waals surface area contributed by atoms with Crippen LogP contribution in [-0.2, 0) is 11.1 Å². The average molecular weight is 614 g/mol. The van der Waals surface area contributed by atoms with Gasteiger partial charge in [-0.05, 0) is 93.0 Å². The number of aliphatic hydroxyl groups is 1. The minimum absolute atomic E-state index is 0.00686. The second kappa shape index (κ2) is 10.3. The van der Waals surface area contributed by atoms with Gasteiger partial charge in [0.1, 0.15) is 23.7 Å². The van der Waals surface area contributed by atoms with Crippen molar-refractivity contribution in [1.82, 2.24) is 10.3 Å². The van der Waals surface area contributed by atoms with E-state index in [1.165, 1.54) is 12.1 Å². The number of amides is 1. The van der Waals surface area contributed by atoms with Crippen molar-refractivity contribution >= 4 is 5.91 Å². The predicted molar refractivity (Wildman–Crippen MR) is 150 cm³/mol. The Morgan fingerprint density at radius 2 is 1.66 bits per heavy atom. The highest BCUT2D eigenvalue weighted by Gasteiger charge is 2.59. The molecule has 0 saturated heterocycles. The van der Waals surface area contributed by atoms with Gasteiger partial charge in [0.15, 0.2) is 22.8 Å². The maximum Gasteiger partial charge on any atom is 0.414 e. The Morgan fingerprint density at radius 3 is 2.27 bits per heavy atom. The Bertz CT molecular complexity index is 1600. The number of carbonyl (C=O) groups is 1. The van der Waals surface area contributed by atoms with E-state index in [2.05, 4.69) is 10.3 Å². The first-order chi connectivity index (χ1) is 20.9. The number of ether oxygens (including phenoxy) is 3. The second-order valence-electron chi connectivity index (χ2n) is 12.2. The number of nitrogens with one attached hydrogen (secondary N) is 1. The number of halogens is 4. The zero-order valence-corrected chi connectivity index (χ0v) is 23.6. The van der Waals surface area contributed by atoms with E-state index in [1.807, 2.05) is 0 Å². The molecule has 8 nitrogen and oxygen atoms in total. The van der Waals surface area contributed by atoms with Gasteiger partial charge >= 0.3 is 6.18 Å². The first-order valence-electron chi connectivity index (χ1n) is 14.7. The topological polar surface area (TPSA) is 116 Å². The third-order valence-corrected chi connectivity index (χ3v) is 8.58. The highest BCUT2D eigenvalue weighted by molar-refractivity contribution is 5.95. The number of hydrogen-bond acceptors (Lipinski definition) is 7. The summed E-state index contributed by atoms with van der Waals surface area (Å²) < 4.78 is 73.9. The standard InChI is InChI=1S/C32H31F4N3O5/c33-20-6-1-17(2-7-20)27-28-23(31(37,16-42-28)32(34,35)36)14-26(39-27)30(41,19-4-5-19)15-38-29(40)18-3-12-24(43-21-8-9-21)25(13-18)44-22-10-11-22/h1-3,6-7,12-14,19,21-22,41H,4-5,8-11,15-16,37H2,(H,38,40). The van der Waals surface area contributed by atoms with Gasteiger partial charge in [0.05, 0.1) is 24.4 Å². The van der Waals surface area contributed by atoms with E-state index in [-0.39, 0.29) is 58.5 Å². The monoisotopic (exact) mass is 613 g/mol. The summed E-state index contributed by atoms with van der Waals surface area (Å²) in [4.78, 5) is 17.9. The smallest absolute Gasteiger partial charge is 0.414 e. The molecule has 1 aliphatic heterocycles. The molecule has 0 radical (unpaired) electrons. The average Bonchev–Trinajstić information content (AvgIpc) is 3.84.